The molecule has 6 nitrogen and oxygen atoms in total. The number of nitrogens with one attached hydrogen (secondary N) is 1. The van der Waals surface area contributed by atoms with Crippen LogP contribution in [0, 0.1) is 6.92 Å². The molecule has 2 aliphatic rings. The molecule has 7 heteroatoms. The van der Waals surface area contributed by atoms with Crippen LogP contribution in [-0.4, -0.2) is 59.4 Å². The zero-order chi connectivity index (χ0) is 17.8. The fraction of sp³-hybridized carbons (Fsp3) is 0.579. The number of anilines is 1. The van der Waals surface area contributed by atoms with Gasteiger partial charge in [-0.3, -0.25) is 4.90 Å². The topological polar surface area (TPSA) is 59.5 Å². The van der Waals surface area contributed by atoms with E-state index < -0.39 is 0 Å². The van der Waals surface area contributed by atoms with E-state index in [1.54, 1.807) is 12.4 Å². The molecule has 0 bridgehead atoms. The van der Waals surface area contributed by atoms with Crippen molar-refractivity contribution in [1.82, 2.24) is 14.9 Å². The molecule has 2 aromatic heterocycles. The van der Waals surface area contributed by atoms with E-state index in [2.05, 4.69) is 39.2 Å². The Morgan fingerprint density at radius 3 is 3.04 bits per heavy atom. The number of ether oxygens (including phenoxy) is 2. The van der Waals surface area contributed by atoms with Crippen LogP contribution >= 0.6 is 11.3 Å². The van der Waals surface area contributed by atoms with Gasteiger partial charge in [0.25, 0.3) is 0 Å². The van der Waals surface area contributed by atoms with E-state index >= 15 is 0 Å². The van der Waals surface area contributed by atoms with E-state index in [4.69, 9.17) is 9.47 Å². The molecular formula is C19H26N4O2S. The molecule has 2 atom stereocenters. The van der Waals surface area contributed by atoms with E-state index in [1.165, 1.54) is 9.75 Å². The Morgan fingerprint density at radius 1 is 1.35 bits per heavy atom. The quantitative estimate of drug-likeness (QED) is 0.868. The highest BCUT2D eigenvalue weighted by Gasteiger charge is 2.43. The summed E-state index contributed by atoms with van der Waals surface area (Å²) in [5.74, 6) is 0.656. The van der Waals surface area contributed by atoms with Gasteiger partial charge in [-0.2, -0.15) is 0 Å². The van der Waals surface area contributed by atoms with Gasteiger partial charge >= 0.3 is 0 Å². The van der Waals surface area contributed by atoms with E-state index in [9.17, 15) is 0 Å². The minimum atomic E-state index is -0.188. The van der Waals surface area contributed by atoms with Gasteiger partial charge in [-0.15, -0.1) is 11.3 Å². The Kier molecular flexibility index (Phi) is 5.49. The van der Waals surface area contributed by atoms with Gasteiger partial charge in [0.1, 0.15) is 5.60 Å². The van der Waals surface area contributed by atoms with E-state index in [0.717, 1.165) is 45.6 Å². The molecule has 1 spiro atoms. The van der Waals surface area contributed by atoms with Gasteiger partial charge in [0, 0.05) is 48.3 Å². The Hall–Kier alpha value is -1.54. The van der Waals surface area contributed by atoms with Crippen LogP contribution in [0.4, 0.5) is 5.95 Å². The first kappa shape index (κ1) is 17.9. The minimum absolute atomic E-state index is 0.173. The van der Waals surface area contributed by atoms with Crippen molar-refractivity contribution in [2.24, 2.45) is 0 Å². The van der Waals surface area contributed by atoms with Crippen LogP contribution in [0.15, 0.2) is 30.6 Å². The Labute approximate surface area is 158 Å². The number of hydrogen-bond acceptors (Lipinski definition) is 7. The van der Waals surface area contributed by atoms with Gasteiger partial charge in [0.05, 0.1) is 19.3 Å². The molecule has 0 saturated carbocycles. The summed E-state index contributed by atoms with van der Waals surface area (Å²) in [6.45, 7) is 7.23. The van der Waals surface area contributed by atoms with Crippen molar-refractivity contribution < 1.29 is 9.47 Å². The Bertz CT molecular complexity index is 711. The van der Waals surface area contributed by atoms with Crippen molar-refractivity contribution in [1.29, 1.82) is 0 Å². The first-order chi connectivity index (χ1) is 12.7. The Morgan fingerprint density at radius 2 is 2.23 bits per heavy atom. The normalized spacial score (nSPS) is 26.9. The molecule has 0 radical (unpaired) electrons. The first-order valence-corrected chi connectivity index (χ1v) is 10.1. The maximum atomic E-state index is 6.48. The van der Waals surface area contributed by atoms with Gasteiger partial charge in [-0.1, -0.05) is 0 Å². The summed E-state index contributed by atoms with van der Waals surface area (Å²) >= 11 is 1.88. The summed E-state index contributed by atoms with van der Waals surface area (Å²) in [5.41, 5.74) is -0.188. The molecule has 140 valence electrons. The summed E-state index contributed by atoms with van der Waals surface area (Å²) in [5, 5.41) is 3.28. The van der Waals surface area contributed by atoms with Crippen LogP contribution in [0.5, 0.6) is 0 Å². The van der Waals surface area contributed by atoms with Gasteiger partial charge in [-0.25, -0.2) is 9.97 Å². The molecule has 2 aromatic rings. The number of aryl methyl sites for hydroxylation is 1. The second-order valence-corrected chi connectivity index (χ2v) is 8.56. The molecule has 1 N–H and O–H groups in total. The van der Waals surface area contributed by atoms with Crippen LogP contribution in [0.1, 0.15) is 22.6 Å². The average molecular weight is 375 g/mol. The molecular weight excluding hydrogens is 348 g/mol. The van der Waals surface area contributed by atoms with Crippen LogP contribution in [0.3, 0.4) is 0 Å². The maximum Gasteiger partial charge on any atom is 0.222 e. The highest BCUT2D eigenvalue weighted by Crippen LogP contribution is 2.33. The molecule has 26 heavy (non-hydrogen) atoms. The molecule has 0 unspecified atom stereocenters. The average Bonchev–Trinajstić information content (AvgIpc) is 3.18. The standard InChI is InChI=1S/C19H26N4O2S/c1-15-3-4-17(26-15)12-23-9-10-24-14-19(13-23)6-5-16(25-19)11-22-18-20-7-2-8-21-18/h2-4,7-8,16H,5-6,9-14H2,1H3,(H,20,21,22)/t16-,19-/m0/s1. The molecule has 2 fully saturated rings. The summed E-state index contributed by atoms with van der Waals surface area (Å²) < 4.78 is 12.4. The Balaban J connectivity index is 1.34. The highest BCUT2D eigenvalue weighted by atomic mass is 32.1. The monoisotopic (exact) mass is 374 g/mol. The molecule has 2 aliphatic heterocycles. The van der Waals surface area contributed by atoms with Crippen molar-refractivity contribution in [2.75, 3.05) is 38.2 Å². The summed E-state index contributed by atoms with van der Waals surface area (Å²) in [6, 6.07) is 6.25. The molecule has 0 aliphatic carbocycles. The minimum Gasteiger partial charge on any atom is -0.377 e. The van der Waals surface area contributed by atoms with Crippen molar-refractivity contribution in [2.45, 2.75) is 38.0 Å². The predicted octanol–water partition coefficient (Wildman–Crippen LogP) is 2.71. The third-order valence-electron chi connectivity index (χ3n) is 5.00. The SMILES string of the molecule is Cc1ccc(CN2CCOC[C@]3(CC[C@@H](CNc4ncccn4)O3)C2)s1. The number of thiophene rings is 1. The summed E-state index contributed by atoms with van der Waals surface area (Å²) in [7, 11) is 0. The summed E-state index contributed by atoms with van der Waals surface area (Å²) in [4.78, 5) is 13.7. The summed E-state index contributed by atoms with van der Waals surface area (Å²) in [6.07, 6.45) is 5.74. The molecule has 2 saturated heterocycles. The van der Waals surface area contributed by atoms with Gasteiger partial charge < -0.3 is 14.8 Å². The molecule has 0 amide bonds. The highest BCUT2D eigenvalue weighted by molar-refractivity contribution is 7.11. The first-order valence-electron chi connectivity index (χ1n) is 9.25. The maximum absolute atomic E-state index is 6.48. The van der Waals surface area contributed by atoms with Crippen molar-refractivity contribution in [3.05, 3.63) is 40.3 Å². The fourth-order valence-corrected chi connectivity index (χ4v) is 4.70. The number of rotatable bonds is 5. The van der Waals surface area contributed by atoms with Crippen LogP contribution in [-0.2, 0) is 16.0 Å². The predicted molar refractivity (Wildman–Crippen MR) is 103 cm³/mol. The second-order valence-electron chi connectivity index (χ2n) is 7.19. The fourth-order valence-electron chi connectivity index (χ4n) is 3.77. The largest absolute Gasteiger partial charge is 0.377 e. The lowest BCUT2D eigenvalue weighted by molar-refractivity contribution is -0.0826. The third kappa shape index (κ3) is 4.40. The van der Waals surface area contributed by atoms with Crippen LogP contribution < -0.4 is 5.32 Å². The number of nitrogens with zero attached hydrogens (tertiary/aromatic N) is 3. The lowest BCUT2D eigenvalue weighted by atomic mass is 10.00. The zero-order valence-corrected chi connectivity index (χ0v) is 16.0. The number of aromatic nitrogens is 2. The molecule has 4 rings (SSSR count). The van der Waals surface area contributed by atoms with E-state index in [-0.39, 0.29) is 11.7 Å². The zero-order valence-electron chi connectivity index (χ0n) is 15.2. The second kappa shape index (κ2) is 8.00. The number of hydrogen-bond donors (Lipinski definition) is 1. The van der Waals surface area contributed by atoms with Crippen molar-refractivity contribution in [3.8, 4) is 0 Å². The van der Waals surface area contributed by atoms with Gasteiger partial charge in [0.2, 0.25) is 5.95 Å². The smallest absolute Gasteiger partial charge is 0.222 e. The van der Waals surface area contributed by atoms with Crippen molar-refractivity contribution in [3.63, 3.8) is 0 Å². The van der Waals surface area contributed by atoms with Gasteiger partial charge in [0.15, 0.2) is 0 Å². The lowest BCUT2D eigenvalue weighted by Crippen LogP contribution is -2.44. The van der Waals surface area contributed by atoms with Crippen LogP contribution in [0.25, 0.3) is 0 Å². The van der Waals surface area contributed by atoms with E-state index in [0.29, 0.717) is 12.6 Å². The van der Waals surface area contributed by atoms with E-state index in [1.807, 2.05) is 17.4 Å². The molecule has 0 aromatic carbocycles. The third-order valence-corrected chi connectivity index (χ3v) is 5.98. The molecule has 4 heterocycles. The van der Waals surface area contributed by atoms with Crippen LogP contribution in [0.2, 0.25) is 0 Å². The van der Waals surface area contributed by atoms with Gasteiger partial charge in [-0.05, 0) is 38.0 Å². The van der Waals surface area contributed by atoms with Crippen molar-refractivity contribution >= 4 is 17.3 Å². The lowest BCUT2D eigenvalue weighted by Gasteiger charge is -2.31.